The molecule has 2 aromatic rings. The molecule has 3 rings (SSSR count). The topological polar surface area (TPSA) is 20.2 Å². The fourth-order valence-electron chi connectivity index (χ4n) is 3.95. The van der Waals surface area contributed by atoms with Crippen molar-refractivity contribution in [2.45, 2.75) is 31.3 Å². The van der Waals surface area contributed by atoms with E-state index in [1.165, 1.54) is 25.4 Å². The molecule has 0 bridgehead atoms. The Labute approximate surface area is 129 Å². The summed E-state index contributed by atoms with van der Waals surface area (Å²) in [4.78, 5) is 0. The Hall–Kier alpha value is -1.27. The summed E-state index contributed by atoms with van der Waals surface area (Å²) in [7, 11) is 1.22. The van der Waals surface area contributed by atoms with Crippen LogP contribution < -0.4 is 5.30 Å². The first-order valence-electron chi connectivity index (χ1n) is 8.02. The summed E-state index contributed by atoms with van der Waals surface area (Å²) >= 11 is 0. The Balaban J connectivity index is 1.74. The Morgan fingerprint density at radius 1 is 1.05 bits per heavy atom. The van der Waals surface area contributed by atoms with Crippen molar-refractivity contribution in [3.8, 4) is 5.75 Å². The quantitative estimate of drug-likeness (QED) is 0.679. The summed E-state index contributed by atoms with van der Waals surface area (Å²) in [5, 5.41) is 11.6. The van der Waals surface area contributed by atoms with Gasteiger partial charge in [-0.25, -0.2) is 0 Å². The minimum atomic E-state index is -1.34. The summed E-state index contributed by atoms with van der Waals surface area (Å²) in [6.07, 6.45) is 6.39. The fraction of sp³-hybridized carbons (Fsp3) is 0.333. The van der Waals surface area contributed by atoms with E-state index in [1.54, 1.807) is 11.4 Å². The van der Waals surface area contributed by atoms with E-state index in [0.29, 0.717) is 5.75 Å². The van der Waals surface area contributed by atoms with Gasteiger partial charge < -0.3 is 0 Å². The van der Waals surface area contributed by atoms with Crippen molar-refractivity contribution >= 4 is 20.0 Å². The summed E-state index contributed by atoms with van der Waals surface area (Å²) in [5.74, 6) is 0.457. The van der Waals surface area contributed by atoms with Gasteiger partial charge in [0.15, 0.2) is 0 Å². The van der Waals surface area contributed by atoms with E-state index in [0.717, 1.165) is 17.6 Å². The minimum absolute atomic E-state index is 0.457. The van der Waals surface area contributed by atoms with Gasteiger partial charge in [-0.3, -0.25) is 0 Å². The van der Waals surface area contributed by atoms with E-state index in [2.05, 4.69) is 44.0 Å². The molecule has 3 heteroatoms. The molecular weight excluding hydrogens is 274 g/mol. The van der Waals surface area contributed by atoms with Gasteiger partial charge in [0.2, 0.25) is 0 Å². The third-order valence-electron chi connectivity index (χ3n) is 5.34. The molecule has 1 nitrogen and oxygen atoms in total. The van der Waals surface area contributed by atoms with Crippen molar-refractivity contribution in [3.63, 3.8) is 0 Å². The summed E-state index contributed by atoms with van der Waals surface area (Å²) in [6, 6.07) is 19.0. The van der Waals surface area contributed by atoms with Gasteiger partial charge in [-0.15, -0.1) is 0 Å². The molecule has 1 aliphatic rings. The van der Waals surface area contributed by atoms with Gasteiger partial charge in [-0.05, 0) is 0 Å². The molecule has 1 saturated heterocycles. The van der Waals surface area contributed by atoms with Gasteiger partial charge in [-0.2, -0.15) is 0 Å². The molecule has 110 valence electrons. The fourth-order valence-corrected chi connectivity index (χ4v) is 8.64. The number of rotatable bonds is 4. The number of benzene rings is 2. The Kier molecular flexibility index (Phi) is 4.36. The predicted molar refractivity (Wildman–Crippen MR) is 97.3 cm³/mol. The van der Waals surface area contributed by atoms with Crippen LogP contribution in [0.4, 0.5) is 0 Å². The average molecular weight is 298 g/mol. The number of phenols is 1. The maximum absolute atomic E-state index is 9.94. The van der Waals surface area contributed by atoms with Crippen molar-refractivity contribution in [3.05, 3.63) is 60.2 Å². The summed E-state index contributed by atoms with van der Waals surface area (Å²) < 4.78 is 0. The normalized spacial score (nSPS) is 22.0. The number of hydrogen-bond donors (Lipinski definition) is 1. The van der Waals surface area contributed by atoms with Crippen LogP contribution in [-0.2, 0) is 6.42 Å². The zero-order valence-electron chi connectivity index (χ0n) is 12.8. The molecule has 0 aliphatic carbocycles. The van der Waals surface area contributed by atoms with Gasteiger partial charge in [0.25, 0.3) is 0 Å². The zero-order valence-corrected chi connectivity index (χ0v) is 13.8. The van der Waals surface area contributed by atoms with E-state index in [1.807, 2.05) is 12.1 Å². The van der Waals surface area contributed by atoms with Crippen molar-refractivity contribution in [1.82, 2.24) is 0 Å². The van der Waals surface area contributed by atoms with Crippen LogP contribution in [-0.4, -0.2) is 24.5 Å². The Morgan fingerprint density at radius 2 is 1.76 bits per heavy atom. The Bertz CT molecular complexity index is 601. The first-order chi connectivity index (χ1) is 10.2. The molecule has 21 heavy (non-hydrogen) atoms. The summed E-state index contributed by atoms with van der Waals surface area (Å²) in [6.45, 7) is 0. The SMILES string of the molecule is B[PH]1(c2ccccc2)CCCC1CCc1ccccc1O. The van der Waals surface area contributed by atoms with Crippen LogP contribution in [0.25, 0.3) is 0 Å². The van der Waals surface area contributed by atoms with Gasteiger partial charge in [0, 0.05) is 0 Å². The molecule has 1 atom stereocenters. The molecule has 0 spiro atoms. The number of phenolic OH excluding ortho intramolecular Hbond substituents is 1. The van der Waals surface area contributed by atoms with Crippen LogP contribution >= 0.6 is 7.14 Å². The Morgan fingerprint density at radius 3 is 2.52 bits per heavy atom. The molecule has 0 saturated carbocycles. The third kappa shape index (κ3) is 3.01. The number of para-hydroxylation sites is 1. The van der Waals surface area contributed by atoms with E-state index in [4.69, 9.17) is 0 Å². The van der Waals surface area contributed by atoms with Crippen LogP contribution in [0, 0.1) is 0 Å². The third-order valence-corrected chi connectivity index (χ3v) is 10.8. The van der Waals surface area contributed by atoms with Crippen LogP contribution in [0.5, 0.6) is 5.75 Å². The van der Waals surface area contributed by atoms with Gasteiger partial charge in [-0.1, -0.05) is 0 Å². The van der Waals surface area contributed by atoms with Crippen molar-refractivity contribution in [2.75, 3.05) is 6.16 Å². The van der Waals surface area contributed by atoms with Gasteiger partial charge in [0.1, 0.15) is 0 Å². The van der Waals surface area contributed by atoms with Crippen molar-refractivity contribution < 1.29 is 5.11 Å². The second-order valence-electron chi connectivity index (χ2n) is 6.54. The second kappa shape index (κ2) is 6.24. The van der Waals surface area contributed by atoms with Crippen LogP contribution in [0.15, 0.2) is 54.6 Å². The van der Waals surface area contributed by atoms with Crippen LogP contribution in [0.1, 0.15) is 24.8 Å². The second-order valence-corrected chi connectivity index (χ2v) is 11.3. The zero-order chi connectivity index (χ0) is 14.7. The van der Waals surface area contributed by atoms with Gasteiger partial charge >= 0.3 is 129 Å². The molecular formula is C18H24BOP. The van der Waals surface area contributed by atoms with E-state index in [9.17, 15) is 5.11 Å². The molecule has 0 radical (unpaired) electrons. The summed E-state index contributed by atoms with van der Waals surface area (Å²) in [5.41, 5.74) is 1.95. The predicted octanol–water partition coefficient (Wildman–Crippen LogP) is 3.11. The molecule has 1 aliphatic heterocycles. The molecule has 2 aromatic carbocycles. The van der Waals surface area contributed by atoms with Crippen molar-refractivity contribution in [1.29, 1.82) is 0 Å². The molecule has 1 heterocycles. The number of aromatic hydroxyl groups is 1. The van der Waals surface area contributed by atoms with Crippen LogP contribution in [0.2, 0.25) is 0 Å². The first-order valence-corrected chi connectivity index (χ1v) is 10.8. The standard InChI is InChI=1S/C18H24BOP/c19-21(16-8-2-1-3-9-16)14-6-10-17(21)13-12-15-7-4-5-11-18(15)20/h1-5,7-9,11,17,20-21H,6,10,12-14,19H2. The molecule has 1 unspecified atom stereocenters. The van der Waals surface area contributed by atoms with Crippen molar-refractivity contribution in [2.24, 2.45) is 0 Å². The monoisotopic (exact) mass is 298 g/mol. The van der Waals surface area contributed by atoms with Crippen LogP contribution in [0.3, 0.4) is 0 Å². The maximum atomic E-state index is 9.94. The molecule has 1 N–H and O–H groups in total. The van der Waals surface area contributed by atoms with E-state index in [-0.39, 0.29) is 0 Å². The van der Waals surface area contributed by atoms with E-state index >= 15 is 0 Å². The number of aryl methyl sites for hydroxylation is 1. The van der Waals surface area contributed by atoms with E-state index < -0.39 is 7.14 Å². The molecule has 0 amide bonds. The average Bonchev–Trinajstić information content (AvgIpc) is 2.90. The first kappa shape index (κ1) is 14.7. The molecule has 1 fully saturated rings. The number of hydrogen-bond acceptors (Lipinski definition) is 1. The molecule has 0 aromatic heterocycles. The van der Waals surface area contributed by atoms with Gasteiger partial charge in [0.05, 0.1) is 0 Å².